The van der Waals surface area contributed by atoms with Crippen molar-refractivity contribution in [1.29, 1.82) is 0 Å². The number of carbonyl (C=O) groups excluding carboxylic acids is 1. The number of fused-ring (bicyclic) bond motifs is 1. The summed E-state index contributed by atoms with van der Waals surface area (Å²) in [5.41, 5.74) is 1.89. The van der Waals surface area contributed by atoms with E-state index >= 15 is 0 Å². The summed E-state index contributed by atoms with van der Waals surface area (Å²) in [6.07, 6.45) is 2.25. The highest BCUT2D eigenvalue weighted by Gasteiger charge is 2.17. The molecule has 1 aliphatic rings. The van der Waals surface area contributed by atoms with E-state index in [2.05, 4.69) is 15.6 Å². The van der Waals surface area contributed by atoms with Crippen LogP contribution in [-0.4, -0.2) is 36.7 Å². The van der Waals surface area contributed by atoms with Crippen LogP contribution in [0.15, 0.2) is 30.5 Å². The van der Waals surface area contributed by atoms with Crippen molar-refractivity contribution in [3.05, 3.63) is 30.5 Å². The van der Waals surface area contributed by atoms with Crippen LogP contribution in [0, 0.1) is 0 Å². The minimum atomic E-state index is -0.0234. The number of hydrogen-bond acceptors (Lipinski definition) is 3. The van der Waals surface area contributed by atoms with E-state index in [1.54, 1.807) is 0 Å². The van der Waals surface area contributed by atoms with Crippen LogP contribution in [0.3, 0.4) is 0 Å². The Hall–Kier alpha value is -1.85. The van der Waals surface area contributed by atoms with Gasteiger partial charge in [-0.1, -0.05) is 0 Å². The van der Waals surface area contributed by atoms with E-state index in [1.165, 1.54) is 0 Å². The molecule has 1 unspecified atom stereocenters. The second kappa shape index (κ2) is 5.42. The Balaban J connectivity index is 1.61. The molecular weight excluding hydrogens is 242 g/mol. The van der Waals surface area contributed by atoms with Gasteiger partial charge in [0.2, 0.25) is 5.91 Å². The van der Waals surface area contributed by atoms with Gasteiger partial charge in [0.25, 0.3) is 0 Å². The van der Waals surface area contributed by atoms with E-state index < -0.39 is 0 Å². The maximum atomic E-state index is 11.9. The fourth-order valence-corrected chi connectivity index (χ4v) is 2.30. The number of H-pyrrole nitrogens is 1. The van der Waals surface area contributed by atoms with Crippen molar-refractivity contribution < 1.29 is 9.53 Å². The van der Waals surface area contributed by atoms with Gasteiger partial charge in [-0.05, 0) is 24.3 Å². The Morgan fingerprint density at radius 1 is 1.42 bits per heavy atom. The highest BCUT2D eigenvalue weighted by molar-refractivity contribution is 5.94. The molecule has 1 amide bonds. The minimum absolute atomic E-state index is 0.0106. The molecule has 1 saturated heterocycles. The van der Waals surface area contributed by atoms with E-state index in [-0.39, 0.29) is 12.0 Å². The molecule has 0 saturated carbocycles. The molecule has 5 heteroatoms. The first-order valence-electron chi connectivity index (χ1n) is 6.50. The molecule has 19 heavy (non-hydrogen) atoms. The van der Waals surface area contributed by atoms with Crippen molar-refractivity contribution in [2.24, 2.45) is 0 Å². The third kappa shape index (κ3) is 2.94. The molecule has 0 aliphatic carbocycles. The number of aromatic nitrogens is 1. The van der Waals surface area contributed by atoms with Crippen molar-refractivity contribution >= 4 is 22.5 Å². The Labute approximate surface area is 111 Å². The van der Waals surface area contributed by atoms with Gasteiger partial charge in [-0.2, -0.15) is 0 Å². The van der Waals surface area contributed by atoms with Gasteiger partial charge < -0.3 is 20.4 Å². The van der Waals surface area contributed by atoms with Crippen molar-refractivity contribution in [3.8, 4) is 0 Å². The normalized spacial score (nSPS) is 19.5. The van der Waals surface area contributed by atoms with E-state index in [4.69, 9.17) is 4.74 Å². The first-order chi connectivity index (χ1) is 9.31. The summed E-state index contributed by atoms with van der Waals surface area (Å²) in [5, 5.41) is 7.22. The van der Waals surface area contributed by atoms with E-state index in [0.717, 1.165) is 29.7 Å². The first kappa shape index (κ1) is 12.2. The number of nitrogens with one attached hydrogen (secondary N) is 3. The standard InChI is InChI=1S/C14H17N3O2/c18-14(8-12-9-15-5-6-19-12)17-11-1-2-13-10(7-11)3-4-16-13/h1-4,7,12,15-16H,5-6,8-9H2,(H,17,18). The smallest absolute Gasteiger partial charge is 0.227 e. The Morgan fingerprint density at radius 3 is 3.21 bits per heavy atom. The van der Waals surface area contributed by atoms with Crippen molar-refractivity contribution in [1.82, 2.24) is 10.3 Å². The molecule has 1 aromatic carbocycles. The van der Waals surface area contributed by atoms with Gasteiger partial charge in [-0.25, -0.2) is 0 Å². The Kier molecular flexibility index (Phi) is 3.48. The van der Waals surface area contributed by atoms with Gasteiger partial charge in [0.05, 0.1) is 19.1 Å². The van der Waals surface area contributed by atoms with Crippen LogP contribution in [0.2, 0.25) is 0 Å². The zero-order valence-corrected chi connectivity index (χ0v) is 10.6. The van der Waals surface area contributed by atoms with Gasteiger partial charge in [-0.3, -0.25) is 4.79 Å². The number of morpholine rings is 1. The molecule has 5 nitrogen and oxygen atoms in total. The van der Waals surface area contributed by atoms with Crippen molar-refractivity contribution in [2.45, 2.75) is 12.5 Å². The zero-order valence-electron chi connectivity index (χ0n) is 10.6. The fourth-order valence-electron chi connectivity index (χ4n) is 2.30. The predicted octanol–water partition coefficient (Wildman–Crippen LogP) is 1.48. The Morgan fingerprint density at radius 2 is 2.37 bits per heavy atom. The molecule has 100 valence electrons. The molecule has 0 spiro atoms. The summed E-state index contributed by atoms with van der Waals surface area (Å²) in [5.74, 6) is -0.0106. The summed E-state index contributed by atoms with van der Waals surface area (Å²) in [6, 6.07) is 7.81. The van der Waals surface area contributed by atoms with E-state index in [1.807, 2.05) is 30.5 Å². The van der Waals surface area contributed by atoms with Crippen molar-refractivity contribution in [3.63, 3.8) is 0 Å². The number of rotatable bonds is 3. The van der Waals surface area contributed by atoms with Gasteiger partial charge >= 0.3 is 0 Å². The molecule has 3 rings (SSSR count). The van der Waals surface area contributed by atoms with Crippen LogP contribution in [0.25, 0.3) is 10.9 Å². The quantitative estimate of drug-likeness (QED) is 0.782. The fraction of sp³-hybridized carbons (Fsp3) is 0.357. The first-order valence-corrected chi connectivity index (χ1v) is 6.50. The second-order valence-corrected chi connectivity index (χ2v) is 4.73. The molecule has 0 radical (unpaired) electrons. The third-order valence-electron chi connectivity index (χ3n) is 3.25. The minimum Gasteiger partial charge on any atom is -0.375 e. The lowest BCUT2D eigenvalue weighted by atomic mass is 10.2. The molecule has 3 N–H and O–H groups in total. The number of aromatic amines is 1. The van der Waals surface area contributed by atoms with Crippen LogP contribution in [0.1, 0.15) is 6.42 Å². The molecule has 1 fully saturated rings. The number of ether oxygens (including phenoxy) is 1. The summed E-state index contributed by atoms with van der Waals surface area (Å²) >= 11 is 0. The number of amides is 1. The lowest BCUT2D eigenvalue weighted by molar-refractivity contribution is -0.119. The summed E-state index contributed by atoms with van der Waals surface area (Å²) < 4.78 is 5.52. The molecule has 1 aromatic heterocycles. The van der Waals surface area contributed by atoms with Gasteiger partial charge in [0.15, 0.2) is 0 Å². The average Bonchev–Trinajstić information content (AvgIpc) is 2.87. The summed E-state index contributed by atoms with van der Waals surface area (Å²) in [6.45, 7) is 2.28. The molecule has 0 bridgehead atoms. The monoisotopic (exact) mass is 259 g/mol. The maximum absolute atomic E-state index is 11.9. The van der Waals surface area contributed by atoms with Crippen LogP contribution in [-0.2, 0) is 9.53 Å². The predicted molar refractivity (Wildman–Crippen MR) is 74.2 cm³/mol. The largest absolute Gasteiger partial charge is 0.375 e. The maximum Gasteiger partial charge on any atom is 0.227 e. The zero-order chi connectivity index (χ0) is 13.1. The lowest BCUT2D eigenvalue weighted by Gasteiger charge is -2.23. The van der Waals surface area contributed by atoms with Crippen LogP contribution >= 0.6 is 0 Å². The molecule has 2 heterocycles. The van der Waals surface area contributed by atoms with Crippen molar-refractivity contribution in [2.75, 3.05) is 25.0 Å². The molecule has 2 aromatic rings. The number of hydrogen-bond donors (Lipinski definition) is 3. The van der Waals surface area contributed by atoms with Gasteiger partial charge in [0.1, 0.15) is 0 Å². The van der Waals surface area contributed by atoms with E-state index in [9.17, 15) is 4.79 Å². The third-order valence-corrected chi connectivity index (χ3v) is 3.25. The van der Waals surface area contributed by atoms with Crippen LogP contribution in [0.5, 0.6) is 0 Å². The lowest BCUT2D eigenvalue weighted by Crippen LogP contribution is -2.40. The number of anilines is 1. The van der Waals surface area contributed by atoms with Gasteiger partial charge in [0, 0.05) is 35.9 Å². The number of carbonyl (C=O) groups is 1. The highest BCUT2D eigenvalue weighted by atomic mass is 16.5. The molecule has 1 atom stereocenters. The van der Waals surface area contributed by atoms with Crippen LogP contribution in [0.4, 0.5) is 5.69 Å². The van der Waals surface area contributed by atoms with E-state index in [0.29, 0.717) is 13.0 Å². The Bertz CT molecular complexity index is 573. The SMILES string of the molecule is O=C(CC1CNCCO1)Nc1ccc2[nH]ccc2c1. The second-order valence-electron chi connectivity index (χ2n) is 4.73. The number of benzene rings is 1. The summed E-state index contributed by atoms with van der Waals surface area (Å²) in [4.78, 5) is 15.1. The molecular formula is C14H17N3O2. The summed E-state index contributed by atoms with van der Waals surface area (Å²) in [7, 11) is 0. The average molecular weight is 259 g/mol. The van der Waals surface area contributed by atoms with Crippen LogP contribution < -0.4 is 10.6 Å². The highest BCUT2D eigenvalue weighted by Crippen LogP contribution is 2.18. The molecule has 1 aliphatic heterocycles. The topological polar surface area (TPSA) is 66.2 Å². The van der Waals surface area contributed by atoms with Gasteiger partial charge in [-0.15, -0.1) is 0 Å².